The molecule has 0 radical (unpaired) electrons. The summed E-state index contributed by atoms with van der Waals surface area (Å²) in [4.78, 5) is 12.7. The van der Waals surface area contributed by atoms with E-state index in [1.807, 2.05) is 6.07 Å². The van der Waals surface area contributed by atoms with Gasteiger partial charge in [0.05, 0.1) is 24.1 Å². The number of rotatable bonds is 4. The first-order valence-corrected chi connectivity index (χ1v) is 10.5. The van der Waals surface area contributed by atoms with E-state index in [1.54, 1.807) is 12.3 Å². The van der Waals surface area contributed by atoms with E-state index in [2.05, 4.69) is 30.1 Å². The number of aromatic nitrogens is 3. The molecular weight excluding hydrogens is 416 g/mol. The van der Waals surface area contributed by atoms with Crippen LogP contribution in [0.15, 0.2) is 42.1 Å². The quantitative estimate of drug-likeness (QED) is 0.582. The number of nitrogens with zero attached hydrogens (tertiary/aromatic N) is 3. The van der Waals surface area contributed by atoms with Crippen LogP contribution in [-0.2, 0) is 12.8 Å². The molecule has 32 heavy (non-hydrogen) atoms. The van der Waals surface area contributed by atoms with Gasteiger partial charge in [0, 0.05) is 53.2 Å². The minimum atomic E-state index is -2.71. The minimum absolute atomic E-state index is 0.0493. The molecule has 0 saturated heterocycles. The van der Waals surface area contributed by atoms with Crippen molar-refractivity contribution in [1.82, 2.24) is 14.3 Å². The molecule has 5 rings (SSSR count). The first-order valence-electron chi connectivity index (χ1n) is 10.5. The summed E-state index contributed by atoms with van der Waals surface area (Å²) in [5.41, 5.74) is 4.93. The molecule has 6 nitrogen and oxygen atoms in total. The van der Waals surface area contributed by atoms with E-state index >= 15 is 0 Å². The van der Waals surface area contributed by atoms with Crippen molar-refractivity contribution in [3.05, 3.63) is 64.2 Å². The molecule has 0 spiro atoms. The third-order valence-electron chi connectivity index (χ3n) is 6.37. The highest BCUT2D eigenvalue weighted by Crippen LogP contribution is 2.48. The number of ether oxygens (including phenoxy) is 1. The van der Waals surface area contributed by atoms with Crippen molar-refractivity contribution in [1.29, 1.82) is 0 Å². The van der Waals surface area contributed by atoms with Crippen molar-refractivity contribution < 1.29 is 18.6 Å². The second-order valence-corrected chi connectivity index (χ2v) is 8.66. The third-order valence-corrected chi connectivity index (χ3v) is 6.37. The molecular formula is C24H23F2N3O3. The zero-order valence-electron chi connectivity index (χ0n) is 17.8. The molecule has 2 aliphatic rings. The Kier molecular flexibility index (Phi) is 4.69. The lowest BCUT2D eigenvalue weighted by Crippen LogP contribution is -2.27. The summed E-state index contributed by atoms with van der Waals surface area (Å²) in [6.07, 6.45) is 5.80. The van der Waals surface area contributed by atoms with E-state index in [-0.39, 0.29) is 28.7 Å². The predicted molar refractivity (Wildman–Crippen MR) is 117 cm³/mol. The summed E-state index contributed by atoms with van der Waals surface area (Å²) in [6, 6.07) is 3.58. The molecule has 1 aromatic carbocycles. The van der Waals surface area contributed by atoms with Gasteiger partial charge in [-0.25, -0.2) is 4.68 Å². The van der Waals surface area contributed by atoms with Crippen LogP contribution in [0.5, 0.6) is 5.75 Å². The van der Waals surface area contributed by atoms with Gasteiger partial charge in [0.15, 0.2) is 5.43 Å². The molecule has 8 heteroatoms. The van der Waals surface area contributed by atoms with Gasteiger partial charge in [0.2, 0.25) is 0 Å². The first kappa shape index (κ1) is 20.5. The maximum absolute atomic E-state index is 13.1. The second-order valence-electron chi connectivity index (χ2n) is 8.66. The number of halogens is 2. The molecule has 0 bridgehead atoms. The molecule has 3 aromatic rings. The number of aliphatic hydroxyl groups is 1. The maximum Gasteiger partial charge on any atom is 0.333 e. The van der Waals surface area contributed by atoms with Gasteiger partial charge in [-0.05, 0) is 24.0 Å². The van der Waals surface area contributed by atoms with Crippen LogP contribution in [0.25, 0.3) is 28.1 Å². The number of hydrogen-bond acceptors (Lipinski definition) is 4. The molecule has 2 aromatic heterocycles. The van der Waals surface area contributed by atoms with Gasteiger partial charge < -0.3 is 14.4 Å². The van der Waals surface area contributed by atoms with E-state index in [0.717, 1.165) is 27.9 Å². The monoisotopic (exact) mass is 439 g/mol. The molecule has 166 valence electrons. The van der Waals surface area contributed by atoms with E-state index < -0.39 is 6.55 Å². The average Bonchev–Trinajstić information content (AvgIpc) is 3.41. The molecule has 0 amide bonds. The van der Waals surface area contributed by atoms with Crippen LogP contribution >= 0.6 is 0 Å². The van der Waals surface area contributed by atoms with E-state index in [4.69, 9.17) is 4.74 Å². The SMILES string of the molecule is C=C(O)c1cn2c(cc1=O)-c1c(cc(-c3cnn(C(F)F)c3)c3c1CCO3)C[C@@H]2C(C)C. The highest BCUT2D eigenvalue weighted by molar-refractivity contribution is 5.83. The lowest BCUT2D eigenvalue weighted by atomic mass is 9.82. The maximum atomic E-state index is 13.1. The molecule has 1 atom stereocenters. The predicted octanol–water partition coefficient (Wildman–Crippen LogP) is 4.99. The number of benzene rings is 1. The summed E-state index contributed by atoms with van der Waals surface area (Å²) in [7, 11) is 0. The molecule has 1 N–H and O–H groups in total. The van der Waals surface area contributed by atoms with Gasteiger partial charge in [0.25, 0.3) is 0 Å². The second kappa shape index (κ2) is 7.32. The Morgan fingerprint density at radius 1 is 1.31 bits per heavy atom. The lowest BCUT2D eigenvalue weighted by Gasteiger charge is -2.34. The van der Waals surface area contributed by atoms with Crippen molar-refractivity contribution in [2.75, 3.05) is 6.61 Å². The topological polar surface area (TPSA) is 69.3 Å². The third kappa shape index (κ3) is 3.04. The normalized spacial score (nSPS) is 16.6. The lowest BCUT2D eigenvalue weighted by molar-refractivity contribution is 0.0566. The molecule has 0 saturated carbocycles. The number of aliphatic hydroxyl groups excluding tert-OH is 1. The van der Waals surface area contributed by atoms with Crippen LogP contribution in [0.1, 0.15) is 43.1 Å². The highest BCUT2D eigenvalue weighted by Gasteiger charge is 2.33. The van der Waals surface area contributed by atoms with Gasteiger partial charge >= 0.3 is 6.55 Å². The van der Waals surface area contributed by atoms with Gasteiger partial charge in [-0.15, -0.1) is 0 Å². The van der Waals surface area contributed by atoms with Crippen molar-refractivity contribution in [2.45, 2.75) is 39.3 Å². The summed E-state index contributed by atoms with van der Waals surface area (Å²) in [5.74, 6) is 0.646. The van der Waals surface area contributed by atoms with Crippen LogP contribution in [0, 0.1) is 5.92 Å². The zero-order valence-corrected chi connectivity index (χ0v) is 17.8. The van der Waals surface area contributed by atoms with Crippen LogP contribution < -0.4 is 10.2 Å². The average molecular weight is 439 g/mol. The standard InChI is InChI=1S/C24H23F2N3O3/c1-12(2)19-7-14-6-17(15-9-27-29(10-15)24(25)26)23-16(4-5-32-23)22(14)20-8-21(31)18(13(3)30)11-28(19)20/h6,8-12,19,24,30H,3-5,7H2,1-2H3/t19-/m1/s1. The zero-order chi connectivity index (χ0) is 22.7. The summed E-state index contributed by atoms with van der Waals surface area (Å²) in [6.45, 7) is 5.50. The minimum Gasteiger partial charge on any atom is -0.508 e. The van der Waals surface area contributed by atoms with Crippen molar-refractivity contribution in [3.63, 3.8) is 0 Å². The van der Waals surface area contributed by atoms with Crippen LogP contribution in [0.2, 0.25) is 0 Å². The Labute approximate surface area is 183 Å². The fourth-order valence-electron chi connectivity index (χ4n) is 4.84. The first-order chi connectivity index (χ1) is 15.3. The summed E-state index contributed by atoms with van der Waals surface area (Å²) < 4.78 is 34.8. The molecule has 4 heterocycles. The summed E-state index contributed by atoms with van der Waals surface area (Å²) in [5, 5.41) is 13.7. The van der Waals surface area contributed by atoms with Crippen molar-refractivity contribution >= 4 is 5.76 Å². The Bertz CT molecular complexity index is 1310. The van der Waals surface area contributed by atoms with E-state index in [1.165, 1.54) is 12.4 Å². The van der Waals surface area contributed by atoms with Crippen LogP contribution in [0.4, 0.5) is 8.78 Å². The van der Waals surface area contributed by atoms with Crippen LogP contribution in [-0.4, -0.2) is 26.1 Å². The smallest absolute Gasteiger partial charge is 0.333 e. The highest BCUT2D eigenvalue weighted by atomic mass is 19.3. The number of fused-ring (bicyclic) bond motifs is 5. The molecule has 0 unspecified atom stereocenters. The Morgan fingerprint density at radius 2 is 2.09 bits per heavy atom. The van der Waals surface area contributed by atoms with E-state index in [0.29, 0.717) is 35.4 Å². The number of alkyl halides is 2. The van der Waals surface area contributed by atoms with Crippen LogP contribution in [0.3, 0.4) is 0 Å². The van der Waals surface area contributed by atoms with Crippen molar-refractivity contribution in [2.24, 2.45) is 5.92 Å². The van der Waals surface area contributed by atoms with Gasteiger partial charge in [-0.2, -0.15) is 13.9 Å². The Hall–Kier alpha value is -3.42. The largest absolute Gasteiger partial charge is 0.508 e. The number of pyridine rings is 1. The van der Waals surface area contributed by atoms with Gasteiger partial charge in [-0.3, -0.25) is 4.79 Å². The van der Waals surface area contributed by atoms with E-state index in [9.17, 15) is 18.7 Å². The fraction of sp³-hybridized carbons (Fsp3) is 0.333. The fourth-order valence-corrected chi connectivity index (χ4v) is 4.84. The van der Waals surface area contributed by atoms with Crippen molar-refractivity contribution in [3.8, 4) is 28.1 Å². The Morgan fingerprint density at radius 3 is 2.75 bits per heavy atom. The molecule has 2 aliphatic heterocycles. The van der Waals surface area contributed by atoms with Gasteiger partial charge in [-0.1, -0.05) is 20.4 Å². The van der Waals surface area contributed by atoms with Gasteiger partial charge in [0.1, 0.15) is 11.5 Å². The molecule has 0 aliphatic carbocycles. The molecule has 0 fully saturated rings. The summed E-state index contributed by atoms with van der Waals surface area (Å²) >= 11 is 0. The number of hydrogen-bond donors (Lipinski definition) is 1. The Balaban J connectivity index is 1.77.